The average Bonchev–Trinajstić information content (AvgIpc) is 2.87. The molecule has 0 aliphatic carbocycles. The Morgan fingerprint density at radius 1 is 1.42 bits per heavy atom. The van der Waals surface area contributed by atoms with Crippen LogP contribution in [0.5, 0.6) is 5.75 Å². The molecule has 0 aliphatic heterocycles. The Morgan fingerprint density at radius 3 is 2.84 bits per heavy atom. The molecule has 0 amide bonds. The van der Waals surface area contributed by atoms with Gasteiger partial charge in [-0.2, -0.15) is 0 Å². The summed E-state index contributed by atoms with van der Waals surface area (Å²) in [7, 11) is 1.40. The summed E-state index contributed by atoms with van der Waals surface area (Å²) in [6.07, 6.45) is 0. The second-order valence-electron chi connectivity index (χ2n) is 3.77. The maximum atomic E-state index is 13.2. The highest BCUT2D eigenvalue weighted by Gasteiger charge is 2.07. The molecule has 1 aromatic heterocycles. The van der Waals surface area contributed by atoms with Crippen molar-refractivity contribution in [1.29, 1.82) is 0 Å². The number of hydrogen-bond acceptors (Lipinski definition) is 4. The van der Waals surface area contributed by atoms with E-state index in [4.69, 9.17) is 9.84 Å². The predicted octanol–water partition coefficient (Wildman–Crippen LogP) is 3.21. The third-order valence-corrected chi connectivity index (χ3v) is 3.56. The minimum Gasteiger partial charge on any atom is -0.494 e. The fourth-order valence-electron chi connectivity index (χ4n) is 1.55. The summed E-state index contributed by atoms with van der Waals surface area (Å²) in [6, 6.07) is 7.79. The molecular weight excluding hydrogens is 269 g/mol. The quantitative estimate of drug-likeness (QED) is 0.883. The molecule has 0 bridgehead atoms. The summed E-state index contributed by atoms with van der Waals surface area (Å²) in [6.45, 7) is 0.479. The lowest BCUT2D eigenvalue weighted by Gasteiger charge is -2.07. The topological polar surface area (TPSA) is 58.6 Å². The molecule has 1 aromatic carbocycles. The maximum absolute atomic E-state index is 13.2. The fourth-order valence-corrected chi connectivity index (χ4v) is 2.33. The molecule has 0 saturated heterocycles. The van der Waals surface area contributed by atoms with Crippen LogP contribution in [0.25, 0.3) is 0 Å². The number of aromatic carboxylic acids is 1. The Labute approximate surface area is 113 Å². The Balaban J connectivity index is 2.03. The van der Waals surface area contributed by atoms with Crippen LogP contribution in [0, 0.1) is 5.82 Å². The lowest BCUT2D eigenvalue weighted by atomic mass is 10.3. The molecular formula is C13H12FNO3S. The van der Waals surface area contributed by atoms with Crippen LogP contribution in [0.2, 0.25) is 0 Å². The third kappa shape index (κ3) is 3.23. The van der Waals surface area contributed by atoms with Crippen LogP contribution in [-0.4, -0.2) is 18.2 Å². The van der Waals surface area contributed by atoms with E-state index in [0.717, 1.165) is 4.88 Å². The van der Waals surface area contributed by atoms with Crippen molar-refractivity contribution >= 4 is 23.0 Å². The van der Waals surface area contributed by atoms with Gasteiger partial charge in [0.05, 0.1) is 7.11 Å². The van der Waals surface area contributed by atoms with E-state index in [9.17, 15) is 9.18 Å². The molecule has 6 heteroatoms. The molecule has 2 rings (SSSR count). The predicted molar refractivity (Wildman–Crippen MR) is 71.6 cm³/mol. The van der Waals surface area contributed by atoms with Gasteiger partial charge in [0.2, 0.25) is 0 Å². The van der Waals surface area contributed by atoms with Crippen molar-refractivity contribution in [2.45, 2.75) is 6.54 Å². The molecule has 4 nitrogen and oxygen atoms in total. The number of halogens is 1. The van der Waals surface area contributed by atoms with Crippen molar-refractivity contribution in [3.05, 3.63) is 45.9 Å². The summed E-state index contributed by atoms with van der Waals surface area (Å²) in [5, 5.41) is 11.9. The van der Waals surface area contributed by atoms with Crippen LogP contribution in [0.1, 0.15) is 14.5 Å². The highest BCUT2D eigenvalue weighted by Crippen LogP contribution is 2.23. The molecule has 0 fully saturated rings. The number of carboxylic acids is 1. The zero-order valence-corrected chi connectivity index (χ0v) is 11.0. The third-order valence-electron chi connectivity index (χ3n) is 2.49. The monoisotopic (exact) mass is 281 g/mol. The lowest BCUT2D eigenvalue weighted by Crippen LogP contribution is -1.98. The van der Waals surface area contributed by atoms with Crippen LogP contribution in [0.4, 0.5) is 10.1 Å². The van der Waals surface area contributed by atoms with Gasteiger partial charge >= 0.3 is 5.97 Å². The van der Waals surface area contributed by atoms with E-state index < -0.39 is 11.8 Å². The van der Waals surface area contributed by atoms with E-state index in [2.05, 4.69) is 5.32 Å². The molecule has 19 heavy (non-hydrogen) atoms. The standard InChI is InChI=1S/C13H12FNO3S/c1-18-11-6-8(2-4-10(11)14)15-7-9-3-5-12(19-9)13(16)17/h2-6,15H,7H2,1H3,(H,16,17). The lowest BCUT2D eigenvalue weighted by molar-refractivity contribution is 0.0702. The van der Waals surface area contributed by atoms with Gasteiger partial charge in [-0.3, -0.25) is 0 Å². The summed E-state index contributed by atoms with van der Waals surface area (Å²) in [5.74, 6) is -1.18. The van der Waals surface area contributed by atoms with E-state index in [0.29, 0.717) is 17.1 Å². The number of anilines is 1. The molecule has 100 valence electrons. The molecule has 0 atom stereocenters. The largest absolute Gasteiger partial charge is 0.494 e. The van der Waals surface area contributed by atoms with E-state index in [1.54, 1.807) is 24.3 Å². The number of methoxy groups -OCH3 is 1. The minimum atomic E-state index is -0.931. The van der Waals surface area contributed by atoms with Crippen molar-refractivity contribution in [1.82, 2.24) is 0 Å². The van der Waals surface area contributed by atoms with Crippen molar-refractivity contribution in [2.24, 2.45) is 0 Å². The second kappa shape index (κ2) is 5.71. The van der Waals surface area contributed by atoms with Gasteiger partial charge in [0.15, 0.2) is 11.6 Å². The Kier molecular flexibility index (Phi) is 4.01. The first-order chi connectivity index (χ1) is 9.10. The average molecular weight is 281 g/mol. The van der Waals surface area contributed by atoms with Crippen LogP contribution >= 0.6 is 11.3 Å². The molecule has 0 saturated carbocycles. The zero-order valence-electron chi connectivity index (χ0n) is 10.1. The van der Waals surface area contributed by atoms with Gasteiger partial charge in [0.25, 0.3) is 0 Å². The van der Waals surface area contributed by atoms with Crippen molar-refractivity contribution in [2.75, 3.05) is 12.4 Å². The number of nitrogens with one attached hydrogen (secondary N) is 1. The number of thiophene rings is 1. The van der Waals surface area contributed by atoms with Gasteiger partial charge in [0, 0.05) is 23.2 Å². The van der Waals surface area contributed by atoms with E-state index in [1.165, 1.54) is 24.5 Å². The molecule has 2 N–H and O–H groups in total. The van der Waals surface area contributed by atoms with Gasteiger partial charge in [-0.05, 0) is 24.3 Å². The highest BCUT2D eigenvalue weighted by molar-refractivity contribution is 7.13. The summed E-state index contributed by atoms with van der Waals surface area (Å²) in [5.41, 5.74) is 0.712. The smallest absolute Gasteiger partial charge is 0.345 e. The number of benzene rings is 1. The van der Waals surface area contributed by atoms with E-state index in [-0.39, 0.29) is 5.75 Å². The van der Waals surface area contributed by atoms with Gasteiger partial charge in [0.1, 0.15) is 4.88 Å². The second-order valence-corrected chi connectivity index (χ2v) is 4.94. The van der Waals surface area contributed by atoms with E-state index >= 15 is 0 Å². The minimum absolute atomic E-state index is 0.169. The van der Waals surface area contributed by atoms with Crippen LogP contribution in [0.15, 0.2) is 30.3 Å². The van der Waals surface area contributed by atoms with Crippen molar-refractivity contribution in [3.8, 4) is 5.75 Å². The van der Waals surface area contributed by atoms with Gasteiger partial charge in [-0.25, -0.2) is 9.18 Å². The molecule has 0 spiro atoms. The molecule has 0 radical (unpaired) electrons. The number of carboxylic acid groups (broad SMARTS) is 1. The maximum Gasteiger partial charge on any atom is 0.345 e. The van der Waals surface area contributed by atoms with Crippen LogP contribution < -0.4 is 10.1 Å². The van der Waals surface area contributed by atoms with Crippen LogP contribution in [-0.2, 0) is 6.54 Å². The Morgan fingerprint density at radius 2 is 2.21 bits per heavy atom. The summed E-state index contributed by atoms with van der Waals surface area (Å²) >= 11 is 1.21. The van der Waals surface area contributed by atoms with E-state index in [1.807, 2.05) is 0 Å². The highest BCUT2D eigenvalue weighted by atomic mass is 32.1. The van der Waals surface area contributed by atoms with Crippen LogP contribution in [0.3, 0.4) is 0 Å². The molecule has 0 aliphatic rings. The van der Waals surface area contributed by atoms with Crippen molar-refractivity contribution in [3.63, 3.8) is 0 Å². The summed E-state index contributed by atoms with van der Waals surface area (Å²) in [4.78, 5) is 11.9. The number of rotatable bonds is 5. The Hall–Kier alpha value is -2.08. The fraction of sp³-hybridized carbons (Fsp3) is 0.154. The zero-order chi connectivity index (χ0) is 13.8. The van der Waals surface area contributed by atoms with Gasteiger partial charge in [-0.15, -0.1) is 11.3 Å². The number of carbonyl (C=O) groups is 1. The molecule has 2 aromatic rings. The summed E-state index contributed by atoms with van der Waals surface area (Å²) < 4.78 is 18.1. The van der Waals surface area contributed by atoms with Gasteiger partial charge in [-0.1, -0.05) is 0 Å². The first kappa shape index (κ1) is 13.4. The molecule has 0 unspecified atom stereocenters. The van der Waals surface area contributed by atoms with Crippen molar-refractivity contribution < 1.29 is 19.0 Å². The Bertz CT molecular complexity index is 597. The first-order valence-corrected chi connectivity index (χ1v) is 6.31. The number of hydrogen-bond donors (Lipinski definition) is 2. The number of ether oxygens (including phenoxy) is 1. The first-order valence-electron chi connectivity index (χ1n) is 5.49. The SMILES string of the molecule is COc1cc(NCc2ccc(C(=O)O)s2)ccc1F. The normalized spacial score (nSPS) is 10.2. The van der Waals surface area contributed by atoms with Gasteiger partial charge < -0.3 is 15.2 Å². The molecule has 1 heterocycles.